The maximum Gasteiger partial charge on any atom is 0.226 e. The fourth-order valence-corrected chi connectivity index (χ4v) is 2.45. The maximum absolute atomic E-state index is 13.0. The third-order valence-electron chi connectivity index (χ3n) is 3.43. The third-order valence-corrected chi connectivity index (χ3v) is 3.43. The van der Waals surface area contributed by atoms with E-state index in [0.717, 1.165) is 35.9 Å². The fourth-order valence-electron chi connectivity index (χ4n) is 2.45. The number of halogens is 1. The number of rotatable bonds is 3. The fraction of sp³-hybridized carbons (Fsp3) is 0.286. The first-order chi connectivity index (χ1) is 9.72. The summed E-state index contributed by atoms with van der Waals surface area (Å²) in [7, 11) is 3.64. The van der Waals surface area contributed by atoms with E-state index in [1.54, 1.807) is 19.2 Å². The molecule has 0 bridgehead atoms. The quantitative estimate of drug-likeness (QED) is 0.899. The summed E-state index contributed by atoms with van der Waals surface area (Å²) < 4.78 is 13.0. The average Bonchev–Trinajstić information content (AvgIpc) is 2.90. The van der Waals surface area contributed by atoms with Crippen molar-refractivity contribution >= 4 is 23.3 Å². The lowest BCUT2D eigenvalue weighted by atomic mass is 10.2. The van der Waals surface area contributed by atoms with Crippen LogP contribution in [-0.4, -0.2) is 30.6 Å². The van der Waals surface area contributed by atoms with Gasteiger partial charge in [-0.25, -0.2) is 4.39 Å². The SMILES string of the molecule is CNc1nc(NC)c2c(n1)N(c1ccc(F)cc1)CC2. The molecule has 3 rings (SSSR count). The zero-order chi connectivity index (χ0) is 14.1. The first-order valence-electron chi connectivity index (χ1n) is 6.52. The number of nitrogens with zero attached hydrogens (tertiary/aromatic N) is 3. The van der Waals surface area contributed by atoms with Gasteiger partial charge in [0, 0.05) is 31.9 Å². The second kappa shape index (κ2) is 4.96. The van der Waals surface area contributed by atoms with Gasteiger partial charge in [0.2, 0.25) is 5.95 Å². The van der Waals surface area contributed by atoms with E-state index in [1.807, 2.05) is 7.05 Å². The van der Waals surface area contributed by atoms with Gasteiger partial charge in [0.1, 0.15) is 17.5 Å². The Morgan fingerprint density at radius 3 is 2.50 bits per heavy atom. The molecule has 0 saturated heterocycles. The maximum atomic E-state index is 13.0. The second-order valence-corrected chi connectivity index (χ2v) is 4.58. The van der Waals surface area contributed by atoms with E-state index in [4.69, 9.17) is 0 Å². The van der Waals surface area contributed by atoms with Crippen LogP contribution in [0.1, 0.15) is 5.56 Å². The molecule has 0 saturated carbocycles. The topological polar surface area (TPSA) is 53.1 Å². The second-order valence-electron chi connectivity index (χ2n) is 4.58. The molecule has 5 nitrogen and oxygen atoms in total. The Bertz CT molecular complexity index is 626. The molecule has 0 unspecified atom stereocenters. The molecular formula is C14H16FN5. The molecule has 1 aromatic heterocycles. The molecule has 0 fully saturated rings. The number of benzene rings is 1. The van der Waals surface area contributed by atoms with E-state index >= 15 is 0 Å². The van der Waals surface area contributed by atoms with Crippen LogP contribution in [0.25, 0.3) is 0 Å². The highest BCUT2D eigenvalue weighted by atomic mass is 19.1. The van der Waals surface area contributed by atoms with Crippen molar-refractivity contribution in [1.29, 1.82) is 0 Å². The van der Waals surface area contributed by atoms with Gasteiger partial charge in [0.15, 0.2) is 0 Å². The minimum Gasteiger partial charge on any atom is -0.373 e. The van der Waals surface area contributed by atoms with Gasteiger partial charge in [-0.05, 0) is 30.7 Å². The Morgan fingerprint density at radius 1 is 1.10 bits per heavy atom. The minimum absolute atomic E-state index is 0.234. The standard InChI is InChI=1S/C14H16FN5/c1-16-12-11-7-8-20(10-5-3-9(15)4-6-10)13(11)19-14(17-2)18-12/h3-6H,7-8H2,1-2H3,(H2,16,17,18,19). The van der Waals surface area contributed by atoms with Crippen LogP contribution < -0.4 is 15.5 Å². The number of hydrogen-bond donors (Lipinski definition) is 2. The van der Waals surface area contributed by atoms with Crippen LogP contribution in [0.15, 0.2) is 24.3 Å². The van der Waals surface area contributed by atoms with Crippen LogP contribution in [0.3, 0.4) is 0 Å². The molecule has 1 aromatic carbocycles. The third kappa shape index (κ3) is 2.03. The predicted molar refractivity (Wildman–Crippen MR) is 78.2 cm³/mol. The largest absolute Gasteiger partial charge is 0.373 e. The highest BCUT2D eigenvalue weighted by molar-refractivity contribution is 5.72. The lowest BCUT2D eigenvalue weighted by molar-refractivity contribution is 0.628. The van der Waals surface area contributed by atoms with Gasteiger partial charge in [-0.15, -0.1) is 0 Å². The smallest absolute Gasteiger partial charge is 0.226 e. The van der Waals surface area contributed by atoms with E-state index < -0.39 is 0 Å². The minimum atomic E-state index is -0.234. The number of aromatic nitrogens is 2. The summed E-state index contributed by atoms with van der Waals surface area (Å²) in [6, 6.07) is 6.47. The molecule has 0 spiro atoms. The average molecular weight is 273 g/mol. The molecular weight excluding hydrogens is 257 g/mol. The van der Waals surface area contributed by atoms with E-state index in [1.165, 1.54) is 12.1 Å². The van der Waals surface area contributed by atoms with Crippen molar-refractivity contribution in [2.45, 2.75) is 6.42 Å². The summed E-state index contributed by atoms with van der Waals surface area (Å²) in [5.74, 6) is 2.05. The van der Waals surface area contributed by atoms with Crippen LogP contribution in [0.2, 0.25) is 0 Å². The van der Waals surface area contributed by atoms with Crippen LogP contribution in [0.5, 0.6) is 0 Å². The summed E-state index contributed by atoms with van der Waals surface area (Å²) in [4.78, 5) is 11.0. The highest BCUT2D eigenvalue weighted by Gasteiger charge is 2.26. The summed E-state index contributed by atoms with van der Waals surface area (Å²) in [6.07, 6.45) is 0.868. The van der Waals surface area contributed by atoms with Crippen molar-refractivity contribution in [2.24, 2.45) is 0 Å². The first-order valence-corrected chi connectivity index (χ1v) is 6.52. The van der Waals surface area contributed by atoms with Gasteiger partial charge >= 0.3 is 0 Å². The van der Waals surface area contributed by atoms with Crippen LogP contribution in [-0.2, 0) is 6.42 Å². The lowest BCUT2D eigenvalue weighted by Crippen LogP contribution is -2.15. The summed E-state index contributed by atoms with van der Waals surface area (Å²) in [6.45, 7) is 0.817. The molecule has 6 heteroatoms. The predicted octanol–water partition coefficient (Wildman–Crippen LogP) is 2.39. The molecule has 1 aliphatic rings. The molecule has 0 aliphatic carbocycles. The normalized spacial score (nSPS) is 13.2. The van der Waals surface area contributed by atoms with Crippen molar-refractivity contribution in [3.63, 3.8) is 0 Å². The van der Waals surface area contributed by atoms with Gasteiger partial charge in [0.25, 0.3) is 0 Å². The van der Waals surface area contributed by atoms with Crippen molar-refractivity contribution < 1.29 is 4.39 Å². The Balaban J connectivity index is 2.06. The van der Waals surface area contributed by atoms with E-state index in [-0.39, 0.29) is 5.82 Å². The number of hydrogen-bond acceptors (Lipinski definition) is 5. The van der Waals surface area contributed by atoms with Gasteiger partial charge in [-0.1, -0.05) is 0 Å². The Morgan fingerprint density at radius 2 is 1.85 bits per heavy atom. The molecule has 0 atom stereocenters. The molecule has 1 aliphatic heterocycles. The molecule has 2 heterocycles. The molecule has 0 radical (unpaired) electrons. The van der Waals surface area contributed by atoms with Gasteiger partial charge in [-0.3, -0.25) is 0 Å². The molecule has 0 amide bonds. The van der Waals surface area contributed by atoms with Gasteiger partial charge in [-0.2, -0.15) is 9.97 Å². The zero-order valence-electron chi connectivity index (χ0n) is 11.4. The zero-order valence-corrected chi connectivity index (χ0v) is 11.4. The van der Waals surface area contributed by atoms with E-state index in [9.17, 15) is 4.39 Å². The number of nitrogens with one attached hydrogen (secondary N) is 2. The first kappa shape index (κ1) is 12.7. The van der Waals surface area contributed by atoms with Crippen molar-refractivity contribution in [2.75, 3.05) is 36.2 Å². The van der Waals surface area contributed by atoms with Crippen molar-refractivity contribution in [3.8, 4) is 0 Å². The number of fused-ring (bicyclic) bond motifs is 1. The van der Waals surface area contributed by atoms with Gasteiger partial charge in [0.05, 0.1) is 0 Å². The Labute approximate surface area is 116 Å². The summed E-state index contributed by atoms with van der Waals surface area (Å²) in [5.41, 5.74) is 2.03. The van der Waals surface area contributed by atoms with Crippen molar-refractivity contribution in [1.82, 2.24) is 9.97 Å². The number of anilines is 4. The Hall–Kier alpha value is -2.37. The summed E-state index contributed by atoms with van der Waals surface area (Å²) in [5, 5.41) is 6.07. The summed E-state index contributed by atoms with van der Waals surface area (Å²) >= 11 is 0. The van der Waals surface area contributed by atoms with Gasteiger partial charge < -0.3 is 15.5 Å². The van der Waals surface area contributed by atoms with Crippen molar-refractivity contribution in [3.05, 3.63) is 35.6 Å². The lowest BCUT2D eigenvalue weighted by Gasteiger charge is -2.19. The van der Waals surface area contributed by atoms with Crippen LogP contribution in [0, 0.1) is 5.82 Å². The Kier molecular flexibility index (Phi) is 3.14. The highest BCUT2D eigenvalue weighted by Crippen LogP contribution is 2.36. The molecule has 20 heavy (non-hydrogen) atoms. The van der Waals surface area contributed by atoms with E-state index in [2.05, 4.69) is 25.5 Å². The molecule has 2 aromatic rings. The van der Waals surface area contributed by atoms with Crippen LogP contribution >= 0.6 is 0 Å². The molecule has 2 N–H and O–H groups in total. The van der Waals surface area contributed by atoms with Crippen LogP contribution in [0.4, 0.5) is 27.7 Å². The van der Waals surface area contributed by atoms with E-state index in [0.29, 0.717) is 5.95 Å². The molecule has 104 valence electrons. The monoisotopic (exact) mass is 273 g/mol.